The molecule has 0 saturated carbocycles. The maximum Gasteiger partial charge on any atom is 0.232 e. The van der Waals surface area contributed by atoms with Crippen LogP contribution in [0, 0.1) is 0 Å². The van der Waals surface area contributed by atoms with Gasteiger partial charge in [0.15, 0.2) is 5.76 Å². The third-order valence-corrected chi connectivity index (χ3v) is 2.85. The molecule has 0 amide bonds. The maximum atomic E-state index is 12.1. The van der Waals surface area contributed by atoms with Gasteiger partial charge in [0.2, 0.25) is 5.78 Å². The number of carbonyl (C=O) groups is 1. The van der Waals surface area contributed by atoms with Crippen molar-refractivity contribution in [3.05, 3.63) is 64.6 Å². The van der Waals surface area contributed by atoms with Gasteiger partial charge in [-0.2, -0.15) is 0 Å². The van der Waals surface area contributed by atoms with Crippen LogP contribution in [0.25, 0.3) is 6.08 Å². The van der Waals surface area contributed by atoms with Crippen molar-refractivity contribution < 1.29 is 9.53 Å². The van der Waals surface area contributed by atoms with E-state index >= 15 is 0 Å². The molecule has 0 atom stereocenters. The van der Waals surface area contributed by atoms with E-state index in [1.54, 1.807) is 42.7 Å². The highest BCUT2D eigenvalue weighted by atomic mass is 35.5. The van der Waals surface area contributed by atoms with E-state index in [1.807, 2.05) is 6.07 Å². The van der Waals surface area contributed by atoms with Crippen molar-refractivity contribution in [1.82, 2.24) is 4.98 Å². The van der Waals surface area contributed by atoms with Gasteiger partial charge in [0.1, 0.15) is 5.75 Å². The van der Waals surface area contributed by atoms with Gasteiger partial charge in [-0.25, -0.2) is 0 Å². The first-order valence-corrected chi connectivity index (χ1v) is 5.76. The van der Waals surface area contributed by atoms with E-state index < -0.39 is 0 Å². The molecular formula is C14H8ClNO2. The SMILES string of the molecule is O=C1/C(=C/c2cccnc2)Oc2ccc(Cl)cc21. The Hall–Kier alpha value is -2.13. The molecule has 0 spiro atoms. The molecule has 0 N–H and O–H groups in total. The minimum atomic E-state index is -0.156. The minimum Gasteiger partial charge on any atom is -0.452 e. The summed E-state index contributed by atoms with van der Waals surface area (Å²) in [7, 11) is 0. The number of Topliss-reactive ketones (excluding diaryl/α,β-unsaturated/α-hetero) is 1. The van der Waals surface area contributed by atoms with Gasteiger partial charge in [-0.1, -0.05) is 17.7 Å². The first kappa shape index (κ1) is 11.0. The third kappa shape index (κ3) is 1.89. The zero-order valence-electron chi connectivity index (χ0n) is 9.26. The Morgan fingerprint density at radius 2 is 2.17 bits per heavy atom. The van der Waals surface area contributed by atoms with E-state index in [9.17, 15) is 4.79 Å². The van der Waals surface area contributed by atoms with Crippen molar-refractivity contribution >= 4 is 23.5 Å². The second-order valence-electron chi connectivity index (χ2n) is 3.87. The van der Waals surface area contributed by atoms with E-state index in [0.717, 1.165) is 5.56 Å². The Morgan fingerprint density at radius 3 is 2.94 bits per heavy atom. The molecule has 0 saturated heterocycles. The van der Waals surface area contributed by atoms with Crippen molar-refractivity contribution in [2.45, 2.75) is 0 Å². The summed E-state index contributed by atoms with van der Waals surface area (Å²) in [5, 5.41) is 0.522. The number of ketones is 1. The summed E-state index contributed by atoms with van der Waals surface area (Å²) < 4.78 is 5.50. The number of hydrogen-bond donors (Lipinski definition) is 0. The Balaban J connectivity index is 2.00. The standard InChI is InChI=1S/C14H8ClNO2/c15-10-3-4-12-11(7-10)14(17)13(18-12)6-9-2-1-5-16-8-9/h1-8H/b13-6-. The van der Waals surface area contributed by atoms with Gasteiger partial charge in [-0.05, 0) is 35.9 Å². The predicted octanol–water partition coefficient (Wildman–Crippen LogP) is 3.35. The number of rotatable bonds is 1. The van der Waals surface area contributed by atoms with Crippen LogP contribution in [0.15, 0.2) is 48.5 Å². The lowest BCUT2D eigenvalue weighted by Gasteiger charge is -1.97. The molecule has 1 aromatic carbocycles. The molecule has 1 aliphatic rings. The van der Waals surface area contributed by atoms with Crippen LogP contribution in [-0.2, 0) is 0 Å². The molecule has 2 aromatic rings. The zero-order valence-corrected chi connectivity index (χ0v) is 10.0. The average molecular weight is 258 g/mol. The Kier molecular flexibility index (Phi) is 2.61. The van der Waals surface area contributed by atoms with Crippen LogP contribution in [0.4, 0.5) is 0 Å². The third-order valence-electron chi connectivity index (χ3n) is 2.61. The average Bonchev–Trinajstić information content (AvgIpc) is 2.68. The number of allylic oxidation sites excluding steroid dienone is 1. The molecule has 3 rings (SSSR count). The molecule has 4 heteroatoms. The topological polar surface area (TPSA) is 39.2 Å². The van der Waals surface area contributed by atoms with Crippen LogP contribution in [0.3, 0.4) is 0 Å². The summed E-state index contributed by atoms with van der Waals surface area (Å²) >= 11 is 5.86. The van der Waals surface area contributed by atoms with Crippen LogP contribution in [0.1, 0.15) is 15.9 Å². The largest absolute Gasteiger partial charge is 0.452 e. The normalized spacial score (nSPS) is 15.6. The number of nitrogens with zero attached hydrogens (tertiary/aromatic N) is 1. The zero-order chi connectivity index (χ0) is 12.5. The van der Waals surface area contributed by atoms with E-state index in [2.05, 4.69) is 4.98 Å². The van der Waals surface area contributed by atoms with E-state index in [4.69, 9.17) is 16.3 Å². The van der Waals surface area contributed by atoms with Gasteiger partial charge < -0.3 is 4.74 Å². The summed E-state index contributed by atoms with van der Waals surface area (Å²) in [6.07, 6.45) is 5.01. The van der Waals surface area contributed by atoms with Crippen LogP contribution < -0.4 is 4.74 Å². The van der Waals surface area contributed by atoms with Crippen molar-refractivity contribution in [1.29, 1.82) is 0 Å². The lowest BCUT2D eigenvalue weighted by atomic mass is 10.1. The van der Waals surface area contributed by atoms with Gasteiger partial charge in [-0.15, -0.1) is 0 Å². The summed E-state index contributed by atoms with van der Waals surface area (Å²) in [5.41, 5.74) is 1.32. The second kappa shape index (κ2) is 4.27. The lowest BCUT2D eigenvalue weighted by molar-refractivity contribution is 0.101. The molecule has 0 bridgehead atoms. The summed E-state index contributed by atoms with van der Waals surface area (Å²) in [6, 6.07) is 8.66. The fraction of sp³-hybridized carbons (Fsp3) is 0. The van der Waals surface area contributed by atoms with Crippen LogP contribution in [0.5, 0.6) is 5.75 Å². The van der Waals surface area contributed by atoms with Crippen LogP contribution in [0.2, 0.25) is 5.02 Å². The first-order chi connectivity index (χ1) is 8.74. The number of fused-ring (bicyclic) bond motifs is 1. The predicted molar refractivity (Wildman–Crippen MR) is 68.6 cm³/mol. The Morgan fingerprint density at radius 1 is 1.28 bits per heavy atom. The quantitative estimate of drug-likeness (QED) is 0.736. The Bertz CT molecular complexity index is 650. The molecule has 0 radical (unpaired) electrons. The first-order valence-electron chi connectivity index (χ1n) is 5.38. The summed E-state index contributed by atoms with van der Waals surface area (Å²) in [4.78, 5) is 16.1. The number of aromatic nitrogens is 1. The highest BCUT2D eigenvalue weighted by Gasteiger charge is 2.27. The van der Waals surface area contributed by atoms with Crippen LogP contribution >= 0.6 is 11.6 Å². The highest BCUT2D eigenvalue weighted by Crippen LogP contribution is 2.33. The van der Waals surface area contributed by atoms with Crippen molar-refractivity contribution in [3.63, 3.8) is 0 Å². The number of benzene rings is 1. The second-order valence-corrected chi connectivity index (χ2v) is 4.30. The molecule has 3 nitrogen and oxygen atoms in total. The van der Waals surface area contributed by atoms with Gasteiger partial charge in [0.25, 0.3) is 0 Å². The number of carbonyl (C=O) groups excluding carboxylic acids is 1. The van der Waals surface area contributed by atoms with Crippen molar-refractivity contribution in [3.8, 4) is 5.75 Å². The molecule has 1 aromatic heterocycles. The molecule has 18 heavy (non-hydrogen) atoms. The van der Waals surface area contributed by atoms with Crippen molar-refractivity contribution in [2.75, 3.05) is 0 Å². The number of pyridine rings is 1. The molecule has 88 valence electrons. The van der Waals surface area contributed by atoms with Gasteiger partial charge in [-0.3, -0.25) is 9.78 Å². The van der Waals surface area contributed by atoms with Gasteiger partial charge >= 0.3 is 0 Å². The fourth-order valence-corrected chi connectivity index (χ4v) is 1.95. The molecule has 2 heterocycles. The smallest absolute Gasteiger partial charge is 0.232 e. The Labute approximate surface area is 109 Å². The van der Waals surface area contributed by atoms with E-state index in [0.29, 0.717) is 22.1 Å². The van der Waals surface area contributed by atoms with Gasteiger partial charge in [0.05, 0.1) is 5.56 Å². The molecule has 1 aliphatic heterocycles. The summed E-state index contributed by atoms with van der Waals surface area (Å²) in [5.74, 6) is 0.677. The molecule has 0 aliphatic carbocycles. The molecule has 0 fully saturated rings. The van der Waals surface area contributed by atoms with E-state index in [1.165, 1.54) is 0 Å². The fourth-order valence-electron chi connectivity index (χ4n) is 1.77. The monoisotopic (exact) mass is 257 g/mol. The van der Waals surface area contributed by atoms with E-state index in [-0.39, 0.29) is 5.78 Å². The summed E-state index contributed by atoms with van der Waals surface area (Å²) in [6.45, 7) is 0. The number of hydrogen-bond acceptors (Lipinski definition) is 3. The number of halogens is 1. The molecular weight excluding hydrogens is 250 g/mol. The van der Waals surface area contributed by atoms with Crippen molar-refractivity contribution in [2.24, 2.45) is 0 Å². The highest BCUT2D eigenvalue weighted by molar-refractivity contribution is 6.31. The maximum absolute atomic E-state index is 12.1. The number of ether oxygens (including phenoxy) is 1. The van der Waals surface area contributed by atoms with Gasteiger partial charge in [0, 0.05) is 17.4 Å². The minimum absolute atomic E-state index is 0.156. The molecule has 0 unspecified atom stereocenters. The van der Waals surface area contributed by atoms with Crippen LogP contribution in [-0.4, -0.2) is 10.8 Å². The lowest BCUT2D eigenvalue weighted by Crippen LogP contribution is -1.98.